The SMILES string of the molecule is O=C(N/N=C\c1ccc(O)c(S(=O)(=O)O)c1)C(=O)N/N=C\c1ccc(O)c(S(=O)(=O)O)c1. The van der Waals surface area contributed by atoms with Crippen LogP contribution < -0.4 is 10.9 Å². The first-order valence-electron chi connectivity index (χ1n) is 8.06. The Morgan fingerprint density at radius 3 is 1.38 bits per heavy atom. The Labute approximate surface area is 180 Å². The summed E-state index contributed by atoms with van der Waals surface area (Å²) in [4.78, 5) is 21.7. The highest BCUT2D eigenvalue weighted by Crippen LogP contribution is 2.23. The van der Waals surface area contributed by atoms with Crippen molar-refractivity contribution in [2.24, 2.45) is 10.2 Å². The number of rotatable bonds is 6. The van der Waals surface area contributed by atoms with Crippen molar-refractivity contribution < 1.29 is 45.7 Å². The fourth-order valence-electron chi connectivity index (χ4n) is 2.07. The molecule has 0 heterocycles. The van der Waals surface area contributed by atoms with Gasteiger partial charge in [-0.05, 0) is 47.5 Å². The lowest BCUT2D eigenvalue weighted by Crippen LogP contribution is -2.35. The number of benzene rings is 2. The Hall–Kier alpha value is -3.86. The van der Waals surface area contributed by atoms with Gasteiger partial charge >= 0.3 is 11.8 Å². The van der Waals surface area contributed by atoms with Crippen molar-refractivity contribution in [1.29, 1.82) is 0 Å². The maximum atomic E-state index is 11.7. The fraction of sp³-hybridized carbons (Fsp3) is 0. The highest BCUT2D eigenvalue weighted by Gasteiger charge is 2.17. The van der Waals surface area contributed by atoms with Crippen molar-refractivity contribution in [2.75, 3.05) is 0 Å². The first-order chi connectivity index (χ1) is 14.8. The minimum atomic E-state index is -4.70. The lowest BCUT2D eigenvalue weighted by atomic mass is 10.2. The molecule has 0 aliphatic rings. The molecule has 0 aliphatic carbocycles. The zero-order valence-corrected chi connectivity index (χ0v) is 17.2. The quantitative estimate of drug-likeness (QED) is 0.129. The first kappa shape index (κ1) is 24.4. The summed E-state index contributed by atoms with van der Waals surface area (Å²) in [6.45, 7) is 0. The van der Waals surface area contributed by atoms with Crippen LogP contribution in [0.3, 0.4) is 0 Å². The lowest BCUT2D eigenvalue weighted by molar-refractivity contribution is -0.139. The molecule has 0 atom stereocenters. The number of aromatic hydroxyl groups is 2. The van der Waals surface area contributed by atoms with Gasteiger partial charge in [0.2, 0.25) is 0 Å². The van der Waals surface area contributed by atoms with Gasteiger partial charge in [0.15, 0.2) is 0 Å². The smallest absolute Gasteiger partial charge is 0.331 e. The van der Waals surface area contributed by atoms with E-state index >= 15 is 0 Å². The molecule has 6 N–H and O–H groups in total. The third-order valence-electron chi connectivity index (χ3n) is 3.49. The van der Waals surface area contributed by atoms with Crippen molar-refractivity contribution in [3.8, 4) is 11.5 Å². The number of hydrazone groups is 2. The molecule has 2 amide bonds. The molecule has 0 unspecified atom stereocenters. The summed E-state index contributed by atoms with van der Waals surface area (Å²) < 4.78 is 62.5. The second kappa shape index (κ2) is 9.52. The normalized spacial score (nSPS) is 12.2. The summed E-state index contributed by atoms with van der Waals surface area (Å²) in [6.07, 6.45) is 1.85. The van der Waals surface area contributed by atoms with Gasteiger partial charge in [-0.3, -0.25) is 18.7 Å². The van der Waals surface area contributed by atoms with Crippen LogP contribution in [0, 0.1) is 0 Å². The van der Waals surface area contributed by atoms with E-state index in [1.807, 2.05) is 10.9 Å². The molecule has 0 spiro atoms. The summed E-state index contributed by atoms with van der Waals surface area (Å²) in [5, 5.41) is 25.7. The number of carbonyl (C=O) groups excluding carboxylic acids is 2. The van der Waals surface area contributed by atoms with Gasteiger partial charge in [-0.1, -0.05) is 0 Å². The van der Waals surface area contributed by atoms with Crippen LogP contribution in [-0.2, 0) is 29.8 Å². The maximum Gasteiger partial charge on any atom is 0.331 e. The summed E-state index contributed by atoms with van der Waals surface area (Å²) in [5.74, 6) is -3.97. The van der Waals surface area contributed by atoms with Gasteiger partial charge in [-0.25, -0.2) is 10.9 Å². The lowest BCUT2D eigenvalue weighted by Gasteiger charge is -2.03. The third kappa shape index (κ3) is 6.57. The van der Waals surface area contributed by atoms with Crippen LogP contribution in [0.15, 0.2) is 56.4 Å². The zero-order valence-electron chi connectivity index (χ0n) is 15.6. The number of nitrogens with one attached hydrogen (secondary N) is 2. The summed E-state index contributed by atoms with van der Waals surface area (Å²) in [7, 11) is -9.40. The average Bonchev–Trinajstić information content (AvgIpc) is 2.68. The van der Waals surface area contributed by atoms with Gasteiger partial charge in [0, 0.05) is 0 Å². The van der Waals surface area contributed by atoms with E-state index in [9.17, 15) is 36.6 Å². The van der Waals surface area contributed by atoms with E-state index in [1.165, 1.54) is 12.1 Å². The Balaban J connectivity index is 1.99. The fourth-order valence-corrected chi connectivity index (χ4v) is 3.30. The molecular formula is C16H14N4O10S2. The largest absolute Gasteiger partial charge is 0.506 e. The molecule has 170 valence electrons. The molecule has 0 aromatic heterocycles. The van der Waals surface area contributed by atoms with Crippen LogP contribution in [-0.4, -0.2) is 60.4 Å². The van der Waals surface area contributed by atoms with E-state index in [0.717, 1.165) is 36.7 Å². The van der Waals surface area contributed by atoms with E-state index in [-0.39, 0.29) is 11.1 Å². The van der Waals surface area contributed by atoms with Crippen LogP contribution in [0.4, 0.5) is 0 Å². The molecule has 0 fully saturated rings. The second-order valence-corrected chi connectivity index (χ2v) is 8.58. The van der Waals surface area contributed by atoms with Gasteiger partial charge in [-0.15, -0.1) is 0 Å². The van der Waals surface area contributed by atoms with E-state index < -0.39 is 53.3 Å². The predicted molar refractivity (Wildman–Crippen MR) is 107 cm³/mol. The maximum absolute atomic E-state index is 11.7. The zero-order chi connectivity index (χ0) is 24.1. The monoisotopic (exact) mass is 486 g/mol. The van der Waals surface area contributed by atoms with Crippen LogP contribution in [0.5, 0.6) is 11.5 Å². The number of amides is 2. The molecule has 14 nitrogen and oxygen atoms in total. The summed E-state index contributed by atoms with van der Waals surface area (Å²) in [5.41, 5.74) is 3.73. The molecule has 16 heteroatoms. The summed E-state index contributed by atoms with van der Waals surface area (Å²) >= 11 is 0. The number of phenolic OH excluding ortho intramolecular Hbond substituents is 2. The highest BCUT2D eigenvalue weighted by molar-refractivity contribution is 7.86. The van der Waals surface area contributed by atoms with E-state index in [0.29, 0.717) is 0 Å². The molecule has 0 radical (unpaired) electrons. The first-order valence-corrected chi connectivity index (χ1v) is 10.9. The molecule has 2 aromatic carbocycles. The molecule has 0 saturated heterocycles. The number of hydrogen-bond acceptors (Lipinski definition) is 10. The van der Waals surface area contributed by atoms with E-state index in [4.69, 9.17) is 9.11 Å². The van der Waals surface area contributed by atoms with Gasteiger partial charge < -0.3 is 10.2 Å². The Morgan fingerprint density at radius 1 is 0.719 bits per heavy atom. The van der Waals surface area contributed by atoms with Crippen molar-refractivity contribution in [3.05, 3.63) is 47.5 Å². The van der Waals surface area contributed by atoms with Gasteiger partial charge in [-0.2, -0.15) is 27.0 Å². The standard InChI is InChI=1S/C16H14N4O10S2/c21-11-3-1-9(5-13(11)31(25,26)27)7-17-19-15(23)16(24)20-18-8-10-2-4-12(22)14(6-10)32(28,29)30/h1-8,21-22H,(H,19,23)(H,20,24)(H,25,26,27)(H,28,29,30)/b17-7-,18-8-. The molecule has 0 bridgehead atoms. The van der Waals surface area contributed by atoms with Gasteiger partial charge in [0.1, 0.15) is 21.3 Å². The molecule has 32 heavy (non-hydrogen) atoms. The van der Waals surface area contributed by atoms with Crippen molar-refractivity contribution >= 4 is 44.5 Å². The number of phenols is 2. The summed E-state index contributed by atoms with van der Waals surface area (Å²) in [6, 6.07) is 6.08. The third-order valence-corrected chi connectivity index (χ3v) is 5.25. The minimum Gasteiger partial charge on any atom is -0.506 e. The van der Waals surface area contributed by atoms with Crippen LogP contribution in [0.1, 0.15) is 11.1 Å². The van der Waals surface area contributed by atoms with Crippen molar-refractivity contribution in [2.45, 2.75) is 9.79 Å². The number of nitrogens with zero attached hydrogens (tertiary/aromatic N) is 2. The Kier molecular flexibility index (Phi) is 7.26. The van der Waals surface area contributed by atoms with Gasteiger partial charge in [0.25, 0.3) is 20.2 Å². The van der Waals surface area contributed by atoms with Crippen LogP contribution >= 0.6 is 0 Å². The van der Waals surface area contributed by atoms with E-state index in [2.05, 4.69) is 10.2 Å². The molecule has 2 rings (SSSR count). The average molecular weight is 486 g/mol. The predicted octanol–water partition coefficient (Wildman–Crippen LogP) is -0.808. The molecular weight excluding hydrogens is 472 g/mol. The number of hydrogen-bond donors (Lipinski definition) is 6. The highest BCUT2D eigenvalue weighted by atomic mass is 32.2. The topological polar surface area (TPSA) is 232 Å². The van der Waals surface area contributed by atoms with E-state index in [1.54, 1.807) is 0 Å². The molecule has 2 aromatic rings. The second-order valence-electron chi connectivity index (χ2n) is 5.80. The minimum absolute atomic E-state index is 0.0520. The van der Waals surface area contributed by atoms with Gasteiger partial charge in [0.05, 0.1) is 12.4 Å². The number of carbonyl (C=O) groups is 2. The van der Waals surface area contributed by atoms with Crippen LogP contribution in [0.2, 0.25) is 0 Å². The Bertz CT molecular complexity index is 1230. The van der Waals surface area contributed by atoms with Crippen molar-refractivity contribution in [1.82, 2.24) is 10.9 Å². The Morgan fingerprint density at radius 2 is 1.06 bits per heavy atom. The van der Waals surface area contributed by atoms with Crippen LogP contribution in [0.25, 0.3) is 0 Å². The molecule has 0 aliphatic heterocycles. The molecule has 0 saturated carbocycles. The van der Waals surface area contributed by atoms with Crippen molar-refractivity contribution in [3.63, 3.8) is 0 Å².